The predicted molar refractivity (Wildman–Crippen MR) is 70.1 cm³/mol. The maximum Gasteiger partial charge on any atom is 0.270 e. The normalized spacial score (nSPS) is 10.1. The second-order valence-corrected chi connectivity index (χ2v) is 4.20. The van der Waals surface area contributed by atoms with Gasteiger partial charge < -0.3 is 10.6 Å². The van der Waals surface area contributed by atoms with Crippen LogP contribution >= 0.6 is 0 Å². The van der Waals surface area contributed by atoms with Crippen LogP contribution in [0.1, 0.15) is 24.3 Å². The number of carbonyl (C=O) groups is 1. The lowest BCUT2D eigenvalue weighted by molar-refractivity contribution is 0.0953. The molecule has 1 aromatic heterocycles. The van der Waals surface area contributed by atoms with E-state index in [1.807, 2.05) is 6.07 Å². The smallest absolute Gasteiger partial charge is 0.270 e. The van der Waals surface area contributed by atoms with Crippen LogP contribution in [0.25, 0.3) is 0 Å². The SMILES string of the molecule is C=CCNC(=O)c1cc(NCC(C)C)ccn1. The van der Waals surface area contributed by atoms with Gasteiger partial charge in [-0.3, -0.25) is 9.78 Å². The molecule has 0 unspecified atom stereocenters. The van der Waals surface area contributed by atoms with Crippen LogP contribution in [0.5, 0.6) is 0 Å². The molecule has 92 valence electrons. The highest BCUT2D eigenvalue weighted by atomic mass is 16.1. The zero-order valence-electron chi connectivity index (χ0n) is 10.4. The zero-order valence-corrected chi connectivity index (χ0v) is 10.4. The van der Waals surface area contributed by atoms with Gasteiger partial charge in [0.25, 0.3) is 5.91 Å². The van der Waals surface area contributed by atoms with Crippen LogP contribution in [0.4, 0.5) is 5.69 Å². The number of anilines is 1. The van der Waals surface area contributed by atoms with Gasteiger partial charge in [-0.05, 0) is 18.1 Å². The van der Waals surface area contributed by atoms with E-state index < -0.39 is 0 Å². The van der Waals surface area contributed by atoms with Crippen molar-refractivity contribution in [3.63, 3.8) is 0 Å². The van der Waals surface area contributed by atoms with Crippen molar-refractivity contribution < 1.29 is 4.79 Å². The van der Waals surface area contributed by atoms with Crippen molar-refractivity contribution in [2.45, 2.75) is 13.8 Å². The molecule has 0 radical (unpaired) electrons. The summed E-state index contributed by atoms with van der Waals surface area (Å²) in [5, 5.41) is 5.95. The van der Waals surface area contributed by atoms with Crippen molar-refractivity contribution in [3.8, 4) is 0 Å². The van der Waals surface area contributed by atoms with E-state index >= 15 is 0 Å². The summed E-state index contributed by atoms with van der Waals surface area (Å²) in [4.78, 5) is 15.7. The highest BCUT2D eigenvalue weighted by molar-refractivity contribution is 5.93. The van der Waals surface area contributed by atoms with Gasteiger partial charge in [0.15, 0.2) is 0 Å². The molecule has 4 nitrogen and oxygen atoms in total. The first-order chi connectivity index (χ1) is 8.13. The quantitative estimate of drug-likeness (QED) is 0.739. The summed E-state index contributed by atoms with van der Waals surface area (Å²) < 4.78 is 0. The standard InChI is InChI=1S/C13H19N3O/c1-4-6-15-13(17)12-8-11(5-7-14-12)16-9-10(2)3/h4-5,7-8,10H,1,6,9H2,2-3H3,(H,14,16)(H,15,17). The molecule has 0 saturated heterocycles. The summed E-state index contributed by atoms with van der Waals surface area (Å²) in [7, 11) is 0. The molecule has 1 rings (SSSR count). The van der Waals surface area contributed by atoms with Crippen LogP contribution in [0.3, 0.4) is 0 Å². The Kier molecular flexibility index (Phi) is 5.20. The molecule has 0 atom stereocenters. The van der Waals surface area contributed by atoms with Gasteiger partial charge in [0.2, 0.25) is 0 Å². The Labute approximate surface area is 102 Å². The Morgan fingerprint density at radius 1 is 1.59 bits per heavy atom. The summed E-state index contributed by atoms with van der Waals surface area (Å²) in [5.41, 5.74) is 1.33. The van der Waals surface area contributed by atoms with E-state index in [4.69, 9.17) is 0 Å². The van der Waals surface area contributed by atoms with Crippen LogP contribution in [0.15, 0.2) is 31.0 Å². The van der Waals surface area contributed by atoms with E-state index in [9.17, 15) is 4.79 Å². The van der Waals surface area contributed by atoms with Crippen molar-refractivity contribution >= 4 is 11.6 Å². The minimum atomic E-state index is -0.182. The van der Waals surface area contributed by atoms with E-state index in [1.54, 1.807) is 18.3 Å². The van der Waals surface area contributed by atoms with Crippen molar-refractivity contribution in [1.29, 1.82) is 0 Å². The highest BCUT2D eigenvalue weighted by Crippen LogP contribution is 2.08. The number of aromatic nitrogens is 1. The molecular formula is C13H19N3O. The average Bonchev–Trinajstić information content (AvgIpc) is 2.33. The molecule has 1 heterocycles. The summed E-state index contributed by atoms with van der Waals surface area (Å²) >= 11 is 0. The van der Waals surface area contributed by atoms with E-state index in [0.717, 1.165) is 12.2 Å². The van der Waals surface area contributed by atoms with Crippen LogP contribution in [0.2, 0.25) is 0 Å². The van der Waals surface area contributed by atoms with Crippen LogP contribution in [0, 0.1) is 5.92 Å². The number of rotatable bonds is 6. The molecule has 0 bridgehead atoms. The molecule has 0 aliphatic rings. The minimum absolute atomic E-state index is 0.182. The van der Waals surface area contributed by atoms with Gasteiger partial charge in [0.05, 0.1) is 0 Å². The minimum Gasteiger partial charge on any atom is -0.385 e. The Morgan fingerprint density at radius 3 is 3.00 bits per heavy atom. The molecule has 1 aromatic rings. The molecule has 0 fully saturated rings. The van der Waals surface area contributed by atoms with Crippen LogP contribution in [-0.4, -0.2) is 24.0 Å². The number of carbonyl (C=O) groups excluding carboxylic acids is 1. The summed E-state index contributed by atoms with van der Waals surface area (Å²) in [6, 6.07) is 3.60. The fraction of sp³-hybridized carbons (Fsp3) is 0.385. The maximum atomic E-state index is 11.6. The van der Waals surface area contributed by atoms with Gasteiger partial charge in [-0.15, -0.1) is 6.58 Å². The number of hydrogen-bond donors (Lipinski definition) is 2. The Bertz CT molecular complexity index is 388. The van der Waals surface area contributed by atoms with Crippen molar-refractivity contribution in [2.24, 2.45) is 5.92 Å². The number of pyridine rings is 1. The average molecular weight is 233 g/mol. The van der Waals surface area contributed by atoms with Crippen molar-refractivity contribution in [3.05, 3.63) is 36.7 Å². The topological polar surface area (TPSA) is 54.0 Å². The second-order valence-electron chi connectivity index (χ2n) is 4.20. The Balaban J connectivity index is 2.64. The molecule has 4 heteroatoms. The lowest BCUT2D eigenvalue weighted by Gasteiger charge is -2.09. The van der Waals surface area contributed by atoms with E-state index in [1.165, 1.54) is 0 Å². The van der Waals surface area contributed by atoms with Crippen LogP contribution in [-0.2, 0) is 0 Å². The molecule has 0 spiro atoms. The molecular weight excluding hydrogens is 214 g/mol. The Hall–Kier alpha value is -1.84. The fourth-order valence-electron chi connectivity index (χ4n) is 1.24. The third-order valence-corrected chi connectivity index (χ3v) is 2.11. The first-order valence-corrected chi connectivity index (χ1v) is 5.72. The number of amides is 1. The predicted octanol–water partition coefficient (Wildman–Crippen LogP) is 2.07. The monoisotopic (exact) mass is 233 g/mol. The molecule has 17 heavy (non-hydrogen) atoms. The number of hydrogen-bond acceptors (Lipinski definition) is 3. The van der Waals surface area contributed by atoms with Gasteiger partial charge >= 0.3 is 0 Å². The van der Waals surface area contributed by atoms with Gasteiger partial charge in [-0.1, -0.05) is 19.9 Å². The molecule has 0 aliphatic heterocycles. The highest BCUT2D eigenvalue weighted by Gasteiger charge is 2.06. The van der Waals surface area contributed by atoms with E-state index in [2.05, 4.69) is 36.0 Å². The third-order valence-electron chi connectivity index (χ3n) is 2.11. The largest absolute Gasteiger partial charge is 0.385 e. The lowest BCUT2D eigenvalue weighted by atomic mass is 10.2. The molecule has 0 aliphatic carbocycles. The first kappa shape index (κ1) is 13.2. The fourth-order valence-corrected chi connectivity index (χ4v) is 1.24. The van der Waals surface area contributed by atoms with E-state index in [-0.39, 0.29) is 5.91 Å². The van der Waals surface area contributed by atoms with E-state index in [0.29, 0.717) is 18.2 Å². The number of nitrogens with one attached hydrogen (secondary N) is 2. The van der Waals surface area contributed by atoms with Gasteiger partial charge in [-0.25, -0.2) is 0 Å². The van der Waals surface area contributed by atoms with Gasteiger partial charge in [0.1, 0.15) is 5.69 Å². The summed E-state index contributed by atoms with van der Waals surface area (Å²) in [6.07, 6.45) is 3.27. The molecule has 0 aromatic carbocycles. The van der Waals surface area contributed by atoms with Gasteiger partial charge in [0, 0.05) is 25.0 Å². The first-order valence-electron chi connectivity index (χ1n) is 5.72. The maximum absolute atomic E-state index is 11.6. The summed E-state index contributed by atoms with van der Waals surface area (Å²) in [5.74, 6) is 0.374. The Morgan fingerprint density at radius 2 is 2.35 bits per heavy atom. The van der Waals surface area contributed by atoms with Crippen molar-refractivity contribution in [2.75, 3.05) is 18.4 Å². The van der Waals surface area contributed by atoms with Crippen molar-refractivity contribution in [1.82, 2.24) is 10.3 Å². The zero-order chi connectivity index (χ0) is 12.7. The molecule has 0 saturated carbocycles. The summed E-state index contributed by atoms with van der Waals surface area (Å²) in [6.45, 7) is 9.13. The second kappa shape index (κ2) is 6.68. The molecule has 2 N–H and O–H groups in total. The number of nitrogens with zero attached hydrogens (tertiary/aromatic N) is 1. The van der Waals surface area contributed by atoms with Crippen LogP contribution < -0.4 is 10.6 Å². The third kappa shape index (κ3) is 4.68. The van der Waals surface area contributed by atoms with Gasteiger partial charge in [-0.2, -0.15) is 0 Å². The lowest BCUT2D eigenvalue weighted by Crippen LogP contribution is -2.24. The molecule has 1 amide bonds.